The van der Waals surface area contributed by atoms with Gasteiger partial charge in [-0.1, -0.05) is 0 Å². The van der Waals surface area contributed by atoms with Gasteiger partial charge in [-0.15, -0.1) is 37.2 Å². The maximum absolute atomic E-state index is 13.0. The van der Waals surface area contributed by atoms with Gasteiger partial charge < -0.3 is 25.6 Å². The molecule has 0 bridgehead atoms. The van der Waals surface area contributed by atoms with Crippen LogP contribution in [0.15, 0.2) is 116 Å². The van der Waals surface area contributed by atoms with Gasteiger partial charge >= 0.3 is 10.4 Å². The Bertz CT molecular complexity index is 4200. The third-order valence-electron chi connectivity index (χ3n) is 10.5. The molecule has 1 amide bonds. The van der Waals surface area contributed by atoms with Gasteiger partial charge in [-0.05, 0) is 73.5 Å². The monoisotopic (exact) mass is 1280 g/mol. The van der Waals surface area contributed by atoms with Crippen molar-refractivity contribution in [2.24, 2.45) is 30.7 Å². The lowest BCUT2D eigenvalue weighted by Gasteiger charge is -2.14. The van der Waals surface area contributed by atoms with E-state index in [2.05, 4.69) is 40.2 Å². The fraction of sp³-hybridized carbons (Fsp3) is 0.275. The molecule has 0 aliphatic heterocycles. The van der Waals surface area contributed by atoms with E-state index in [0.717, 1.165) is 18.2 Å². The molecule has 0 spiro atoms. The molecule has 9 N–H and O–H groups in total. The molecular formula is C40H43ClN8O24S7. The van der Waals surface area contributed by atoms with Crippen LogP contribution in [0.2, 0.25) is 0 Å². The zero-order valence-corrected chi connectivity index (χ0v) is 47.1. The number of hydrogen-bond acceptors (Lipinski definition) is 26. The number of fused-ring (bicyclic) bond motifs is 1. The quantitative estimate of drug-likeness (QED) is 0.0188. The smallest absolute Gasteiger partial charge is 0.397 e. The second kappa shape index (κ2) is 25.2. The number of benzene rings is 5. The fourth-order valence-electron chi connectivity index (χ4n) is 6.82. The number of nitrogens with zero attached hydrogens (tertiary/aromatic N) is 6. The molecule has 80 heavy (non-hydrogen) atoms. The number of carbonyl (C=O) groups is 1. The Hall–Kier alpha value is -6.31. The van der Waals surface area contributed by atoms with Gasteiger partial charge in [0.15, 0.2) is 25.4 Å². The van der Waals surface area contributed by atoms with Crippen molar-refractivity contribution in [2.45, 2.75) is 44.2 Å². The minimum Gasteiger partial charge on any atom is -0.505 e. The van der Waals surface area contributed by atoms with Gasteiger partial charge in [0.2, 0.25) is 5.91 Å². The molecule has 5 aromatic carbocycles. The van der Waals surface area contributed by atoms with Crippen molar-refractivity contribution in [3.8, 4) is 11.5 Å². The van der Waals surface area contributed by atoms with Gasteiger partial charge in [0.05, 0.1) is 52.4 Å². The zero-order chi connectivity index (χ0) is 60.0. The molecule has 0 saturated carbocycles. The topological polar surface area (TPSA) is 514 Å². The predicted molar refractivity (Wildman–Crippen MR) is 280 cm³/mol. The average Bonchev–Trinajstić information content (AvgIpc) is 3.33. The first kappa shape index (κ1) is 64.5. The van der Waals surface area contributed by atoms with Crippen LogP contribution in [0, 0.1) is 6.92 Å². The molecule has 0 unspecified atom stereocenters. The Morgan fingerprint density at radius 2 is 1.18 bits per heavy atom. The Balaban J connectivity index is 1.60. The van der Waals surface area contributed by atoms with Crippen LogP contribution in [-0.4, -0.2) is 148 Å². The number of rotatable bonds is 26. The van der Waals surface area contributed by atoms with Crippen molar-refractivity contribution >= 4 is 144 Å². The molecule has 436 valence electrons. The number of phenols is 1. The lowest BCUT2D eigenvalue weighted by molar-refractivity contribution is -0.116. The highest BCUT2D eigenvalue weighted by atomic mass is 35.5. The van der Waals surface area contributed by atoms with Gasteiger partial charge in [0.25, 0.3) is 40.5 Å². The summed E-state index contributed by atoms with van der Waals surface area (Å²) in [4.78, 5) is 7.33. The van der Waals surface area contributed by atoms with Crippen LogP contribution in [0.5, 0.6) is 11.5 Å². The summed E-state index contributed by atoms with van der Waals surface area (Å²) < 4.78 is 231. The van der Waals surface area contributed by atoms with Crippen molar-refractivity contribution in [1.29, 1.82) is 0 Å². The van der Waals surface area contributed by atoms with E-state index in [1.165, 1.54) is 32.2 Å². The predicted octanol–water partition coefficient (Wildman–Crippen LogP) is 5.47. The summed E-state index contributed by atoms with van der Waals surface area (Å²) in [5.74, 6) is -4.61. The molecular weight excluding hydrogens is 1240 g/mol. The second-order valence-electron chi connectivity index (χ2n) is 16.1. The summed E-state index contributed by atoms with van der Waals surface area (Å²) in [5, 5.41) is 48.4. The first-order valence-electron chi connectivity index (χ1n) is 21.7. The molecule has 0 saturated heterocycles. The molecule has 32 nitrogen and oxygen atoms in total. The fourth-order valence-corrected chi connectivity index (χ4v) is 12.7. The number of halogens is 1. The number of phenolic OH excluding ortho intramolecular Hbond substituents is 1. The van der Waals surface area contributed by atoms with Crippen LogP contribution >= 0.6 is 11.6 Å². The van der Waals surface area contributed by atoms with Crippen molar-refractivity contribution in [2.75, 3.05) is 60.6 Å². The van der Waals surface area contributed by atoms with Crippen LogP contribution in [0.25, 0.3) is 10.8 Å². The normalized spacial score (nSPS) is 13.2. The van der Waals surface area contributed by atoms with Gasteiger partial charge in [-0.3, -0.25) is 27.6 Å². The standard InChI is InChI=1S/C40H43ClN8O24S7/c1-22-16-29(32(72-11-10-50)19-28(22)45-44-26-7-5-23(17-33(26)76(57,58)59)75(55,56)15-12-73-80(69,70)71)46-49-39-36(79(66,67)68)18-25-24(40(39)52)6-8-27(42-2)38(25)48-47-31-21-34(77(60,61)62)30(20-35(31)78(63,64)65)43-37(51)4-3-13-74(53,54)14-9-41/h5-8,16-21,42,50,52H,3-4,9-15H2,1-2H3,(H,43,51)(H,57,58,59)(H,60,61,62)(H,63,64,65)(H,66,67,68)(H,69,70,71). The largest absolute Gasteiger partial charge is 0.505 e. The highest BCUT2D eigenvalue weighted by Gasteiger charge is 2.29. The van der Waals surface area contributed by atoms with Gasteiger partial charge in [-0.25, -0.2) is 21.0 Å². The SMILES string of the molecule is CNc1ccc2c(O)c(N=Nc3cc(C)c(N=Nc4ccc(S(=O)(=O)CCOS(=O)(=O)O)cc4S(=O)(=O)O)cc3OCCO)c(S(=O)(=O)O)cc2c1N=Nc1cc(S(=O)(=O)O)c(NC(=O)CCCS(=O)(=O)CCCl)cc1S(=O)(=O)O. The number of hydrogen-bond donors (Lipinski definition) is 9. The van der Waals surface area contributed by atoms with E-state index in [0.29, 0.717) is 24.3 Å². The van der Waals surface area contributed by atoms with E-state index in [1.54, 1.807) is 0 Å². The van der Waals surface area contributed by atoms with Crippen LogP contribution in [0.1, 0.15) is 18.4 Å². The average molecular weight is 1280 g/mol. The van der Waals surface area contributed by atoms with E-state index in [9.17, 15) is 92.1 Å². The van der Waals surface area contributed by atoms with Crippen molar-refractivity contribution < 1.29 is 106 Å². The number of aromatic hydroxyl groups is 1. The molecule has 5 aromatic rings. The lowest BCUT2D eigenvalue weighted by Crippen LogP contribution is -2.18. The molecule has 0 atom stereocenters. The number of aliphatic hydroxyl groups is 1. The zero-order valence-electron chi connectivity index (χ0n) is 40.6. The molecule has 5 rings (SSSR count). The van der Waals surface area contributed by atoms with Crippen LogP contribution < -0.4 is 15.4 Å². The Morgan fingerprint density at radius 1 is 0.588 bits per heavy atom. The number of azo groups is 3. The summed E-state index contributed by atoms with van der Waals surface area (Å²) in [7, 11) is -33.4. The maximum Gasteiger partial charge on any atom is 0.397 e. The summed E-state index contributed by atoms with van der Waals surface area (Å²) in [5.41, 5.74) is -4.37. The maximum atomic E-state index is 13.0. The van der Waals surface area contributed by atoms with Crippen molar-refractivity contribution in [1.82, 2.24) is 0 Å². The van der Waals surface area contributed by atoms with Crippen LogP contribution in [0.4, 0.5) is 45.5 Å². The highest BCUT2D eigenvalue weighted by Crippen LogP contribution is 2.48. The van der Waals surface area contributed by atoms with Gasteiger partial charge in [0, 0.05) is 36.2 Å². The highest BCUT2D eigenvalue weighted by molar-refractivity contribution is 7.92. The molecule has 0 radical (unpaired) electrons. The lowest BCUT2D eigenvalue weighted by atomic mass is 10.1. The molecule has 0 fully saturated rings. The molecule has 0 heterocycles. The van der Waals surface area contributed by atoms with Crippen molar-refractivity contribution in [3.05, 3.63) is 66.2 Å². The van der Waals surface area contributed by atoms with Crippen LogP contribution in [0.3, 0.4) is 0 Å². The van der Waals surface area contributed by atoms with E-state index in [4.69, 9.17) is 20.9 Å². The second-order valence-corrected chi connectivity index (χ2v) is 27.5. The van der Waals surface area contributed by atoms with Crippen molar-refractivity contribution in [3.63, 3.8) is 0 Å². The number of alkyl halides is 1. The number of anilines is 2. The molecule has 0 aliphatic carbocycles. The number of carbonyl (C=O) groups excluding carboxylic acids is 1. The minimum absolute atomic E-state index is 0.0729. The Kier molecular flexibility index (Phi) is 20.3. The number of amides is 1. The molecule has 40 heteroatoms. The summed E-state index contributed by atoms with van der Waals surface area (Å²) in [6.07, 6.45) is -0.861. The Labute approximate surface area is 460 Å². The first-order valence-corrected chi connectivity index (χ1v) is 32.8. The number of sulfone groups is 2. The third kappa shape index (κ3) is 16.9. The van der Waals surface area contributed by atoms with Gasteiger partial charge in [-0.2, -0.15) is 47.2 Å². The first-order chi connectivity index (χ1) is 36.9. The number of nitrogens with one attached hydrogen (secondary N) is 2. The Morgan fingerprint density at radius 3 is 1.76 bits per heavy atom. The number of aryl methyl sites for hydroxylation is 1. The van der Waals surface area contributed by atoms with E-state index < -0.39 is 184 Å². The van der Waals surface area contributed by atoms with E-state index in [-0.39, 0.29) is 46.1 Å². The third-order valence-corrected chi connectivity index (χ3v) is 18.3. The van der Waals surface area contributed by atoms with Gasteiger partial charge in [0.1, 0.15) is 60.4 Å². The summed E-state index contributed by atoms with van der Waals surface area (Å²) in [6.45, 7) is -0.748. The minimum atomic E-state index is -5.45. The van der Waals surface area contributed by atoms with E-state index >= 15 is 0 Å². The number of aliphatic hydroxyl groups excluding tert-OH is 1. The summed E-state index contributed by atoms with van der Waals surface area (Å²) >= 11 is 5.47. The summed E-state index contributed by atoms with van der Waals surface area (Å²) in [6, 6.07) is 8.28. The van der Waals surface area contributed by atoms with Crippen LogP contribution in [-0.2, 0) is 79.5 Å². The molecule has 0 aromatic heterocycles. The van der Waals surface area contributed by atoms with E-state index in [1.807, 2.05) is 5.32 Å². The molecule has 0 aliphatic rings. The number of ether oxygens (including phenoxy) is 1.